The van der Waals surface area contributed by atoms with E-state index in [-0.39, 0.29) is 0 Å². The maximum Gasteiger partial charge on any atom is 0.626 e. The first-order valence-electron chi connectivity index (χ1n) is 13.1. The van der Waals surface area contributed by atoms with E-state index < -0.39 is 11.2 Å². The van der Waals surface area contributed by atoms with E-state index in [0.717, 1.165) is 38.2 Å². The second kappa shape index (κ2) is 8.07. The predicted octanol–water partition coefficient (Wildman–Crippen LogP) is 7.52. The summed E-state index contributed by atoms with van der Waals surface area (Å²) in [5, 5.41) is 22.4. The van der Waals surface area contributed by atoms with Crippen molar-refractivity contribution in [2.45, 2.75) is 38.9 Å². The van der Waals surface area contributed by atoms with Gasteiger partial charge < -0.3 is 14.2 Å². The fourth-order valence-electron chi connectivity index (χ4n) is 5.55. The first-order chi connectivity index (χ1) is 18.2. The molecule has 0 saturated heterocycles. The van der Waals surface area contributed by atoms with Crippen molar-refractivity contribution in [3.05, 3.63) is 91.0 Å². The van der Waals surface area contributed by atoms with Crippen molar-refractivity contribution < 1.29 is 14.2 Å². The van der Waals surface area contributed by atoms with Crippen molar-refractivity contribution in [1.29, 1.82) is 0 Å². The third-order valence-corrected chi connectivity index (χ3v) is 8.40. The number of hydrogen-bond acceptors (Lipinski definition) is 2. The Morgan fingerprint density at radius 3 is 1.74 bits per heavy atom. The molecule has 6 aromatic carbocycles. The fraction of sp³-hybridized carbons (Fsp3) is 0.176. The van der Waals surface area contributed by atoms with Crippen LogP contribution in [-0.4, -0.2) is 28.4 Å². The summed E-state index contributed by atoms with van der Waals surface area (Å²) in [5.74, 6) is 0. The molecule has 185 valence electrons. The van der Waals surface area contributed by atoms with Gasteiger partial charge in [-0.2, -0.15) is 0 Å². The average Bonchev–Trinajstić information content (AvgIpc) is 3.26. The summed E-state index contributed by atoms with van der Waals surface area (Å²) in [6.45, 7) is 7.53. The molecule has 3 nitrogen and oxygen atoms in total. The van der Waals surface area contributed by atoms with Gasteiger partial charge in [-0.25, -0.2) is 0 Å². The number of rotatable bonds is 4. The number of aliphatic hydroxyl groups is 2. The zero-order valence-corrected chi connectivity index (χ0v) is 22.0. The van der Waals surface area contributed by atoms with Crippen molar-refractivity contribution in [1.82, 2.24) is 0 Å². The summed E-state index contributed by atoms with van der Waals surface area (Å²) in [4.78, 5) is 0. The SMILES string of the molecule is CC(C)(O)C(C)(C)[OH+][B]c1c2ccccc2cc2oc3cc4c5ccccc5c5ccccc5c4cc3c12. The highest BCUT2D eigenvalue weighted by Gasteiger charge is 2.41. The Morgan fingerprint density at radius 1 is 0.605 bits per heavy atom. The quantitative estimate of drug-likeness (QED) is 0.156. The molecule has 0 spiro atoms. The Balaban J connectivity index is 1.59. The first kappa shape index (κ1) is 23.3. The van der Waals surface area contributed by atoms with Crippen LogP contribution in [0.1, 0.15) is 27.7 Å². The molecular formula is C34H29BO3+. The van der Waals surface area contributed by atoms with Crippen LogP contribution in [0.5, 0.6) is 0 Å². The van der Waals surface area contributed by atoms with Gasteiger partial charge >= 0.3 is 7.48 Å². The number of furan rings is 1. The van der Waals surface area contributed by atoms with Crippen LogP contribution in [0.3, 0.4) is 0 Å². The van der Waals surface area contributed by atoms with Crippen molar-refractivity contribution >= 4 is 78.0 Å². The number of benzene rings is 6. The van der Waals surface area contributed by atoms with Crippen molar-refractivity contribution in [2.24, 2.45) is 0 Å². The standard InChI is InChI=1S/C34H29BO3/c1-33(2,36)34(3,4)38-35-32-21-12-6-5-11-20(21)17-30-31(32)28-18-26-24-15-9-7-13-22(24)23-14-8-10-16-25(23)27(26)19-29(28)37-30/h5-19,36,38H,1-4H3/q+1. The molecule has 4 heteroatoms. The summed E-state index contributed by atoms with van der Waals surface area (Å²) in [6, 6.07) is 32.2. The Bertz CT molecular complexity index is 2040. The monoisotopic (exact) mass is 496 g/mol. The van der Waals surface area contributed by atoms with Gasteiger partial charge in [0.1, 0.15) is 16.8 Å². The van der Waals surface area contributed by atoms with E-state index in [1.54, 1.807) is 13.8 Å². The summed E-state index contributed by atoms with van der Waals surface area (Å²) in [6.07, 6.45) is 0. The zero-order valence-electron chi connectivity index (χ0n) is 22.0. The van der Waals surface area contributed by atoms with Crippen LogP contribution in [0.4, 0.5) is 0 Å². The van der Waals surface area contributed by atoms with Gasteiger partial charge in [-0.3, -0.25) is 0 Å². The molecule has 0 bridgehead atoms. The lowest BCUT2D eigenvalue weighted by molar-refractivity contribution is -0.157. The second-order valence-electron chi connectivity index (χ2n) is 11.3. The highest BCUT2D eigenvalue weighted by atomic mass is 16.5. The molecule has 1 aromatic heterocycles. The van der Waals surface area contributed by atoms with Crippen LogP contribution < -0.4 is 5.46 Å². The van der Waals surface area contributed by atoms with Crippen molar-refractivity contribution in [3.63, 3.8) is 0 Å². The van der Waals surface area contributed by atoms with E-state index in [2.05, 4.69) is 84.9 Å². The molecule has 1 radical (unpaired) electrons. The minimum absolute atomic E-state index is 0.669. The highest BCUT2D eigenvalue weighted by molar-refractivity contribution is 6.57. The Morgan fingerprint density at radius 2 is 1.13 bits per heavy atom. The van der Waals surface area contributed by atoms with Gasteiger partial charge in [0.25, 0.3) is 0 Å². The molecule has 0 saturated carbocycles. The molecule has 0 atom stereocenters. The van der Waals surface area contributed by atoms with Gasteiger partial charge in [0.15, 0.2) is 5.60 Å². The lowest BCUT2D eigenvalue weighted by atomic mass is 9.78. The minimum Gasteiger partial charge on any atom is -0.530 e. The van der Waals surface area contributed by atoms with Crippen molar-refractivity contribution in [3.8, 4) is 0 Å². The predicted molar refractivity (Wildman–Crippen MR) is 162 cm³/mol. The molecule has 7 aromatic rings. The average molecular weight is 496 g/mol. The molecule has 0 amide bonds. The maximum atomic E-state index is 10.8. The van der Waals surface area contributed by atoms with Crippen LogP contribution in [0.15, 0.2) is 95.4 Å². The minimum atomic E-state index is -0.970. The lowest BCUT2D eigenvalue weighted by Crippen LogP contribution is -2.52. The van der Waals surface area contributed by atoms with E-state index in [0.29, 0.717) is 0 Å². The summed E-state index contributed by atoms with van der Waals surface area (Å²) in [7, 11) is 1.93. The van der Waals surface area contributed by atoms with E-state index in [9.17, 15) is 5.11 Å². The maximum absolute atomic E-state index is 10.8. The number of fused-ring (bicyclic) bond motifs is 10. The van der Waals surface area contributed by atoms with Gasteiger partial charge in [0.05, 0.1) is 0 Å². The molecular weight excluding hydrogens is 467 g/mol. The number of hydrogen-bond donors (Lipinski definition) is 1. The molecule has 7 rings (SSSR count). The Hall–Kier alpha value is -3.86. The van der Waals surface area contributed by atoms with E-state index >= 15 is 0 Å². The zero-order chi connectivity index (χ0) is 26.2. The van der Waals surface area contributed by atoms with Gasteiger partial charge in [0, 0.05) is 30.1 Å². The molecule has 2 N–H and O–H groups in total. The highest BCUT2D eigenvalue weighted by Crippen LogP contribution is 2.40. The largest absolute Gasteiger partial charge is 0.626 e. The molecule has 1 heterocycles. The van der Waals surface area contributed by atoms with Gasteiger partial charge in [-0.1, -0.05) is 72.8 Å². The summed E-state index contributed by atoms with van der Waals surface area (Å²) in [5.41, 5.74) is 1.07. The van der Waals surface area contributed by atoms with E-state index in [1.807, 2.05) is 27.4 Å². The molecule has 38 heavy (non-hydrogen) atoms. The van der Waals surface area contributed by atoms with Crippen LogP contribution in [-0.2, 0) is 0 Å². The second-order valence-corrected chi connectivity index (χ2v) is 11.3. The molecule has 0 unspecified atom stereocenters. The molecule has 0 fully saturated rings. The lowest BCUT2D eigenvalue weighted by Gasteiger charge is -2.34. The summed E-state index contributed by atoms with van der Waals surface area (Å²) >= 11 is 0. The molecule has 0 aliphatic heterocycles. The van der Waals surface area contributed by atoms with Gasteiger partial charge in [-0.15, -0.1) is 0 Å². The molecule has 0 aliphatic rings. The fourth-order valence-corrected chi connectivity index (χ4v) is 5.55. The van der Waals surface area contributed by atoms with Gasteiger partial charge in [-0.05, 0) is 75.1 Å². The normalized spacial score (nSPS) is 13.0. The Kier molecular flexibility index (Phi) is 4.94. The third kappa shape index (κ3) is 3.37. The van der Waals surface area contributed by atoms with Crippen LogP contribution in [0.2, 0.25) is 0 Å². The third-order valence-electron chi connectivity index (χ3n) is 8.40. The Labute approximate surface area is 221 Å². The molecule has 0 aliphatic carbocycles. The smallest absolute Gasteiger partial charge is 0.530 e. The topological polar surface area (TPSA) is 46.2 Å². The van der Waals surface area contributed by atoms with Gasteiger partial charge in [0.2, 0.25) is 0 Å². The van der Waals surface area contributed by atoms with E-state index in [4.69, 9.17) is 9.07 Å². The van der Waals surface area contributed by atoms with Crippen LogP contribution in [0, 0.1) is 0 Å². The summed E-state index contributed by atoms with van der Waals surface area (Å²) < 4.78 is 11.5. The van der Waals surface area contributed by atoms with Crippen molar-refractivity contribution in [2.75, 3.05) is 0 Å². The van der Waals surface area contributed by atoms with Crippen LogP contribution in [0.25, 0.3) is 65.0 Å². The first-order valence-corrected chi connectivity index (χ1v) is 13.1. The van der Waals surface area contributed by atoms with Crippen LogP contribution >= 0.6 is 0 Å². The van der Waals surface area contributed by atoms with E-state index in [1.165, 1.54) is 32.3 Å².